The predicted molar refractivity (Wildman–Crippen MR) is 99.8 cm³/mol. The molecule has 0 fully saturated rings. The Morgan fingerprint density at radius 3 is 1.95 bits per heavy atom. The Bertz CT molecular complexity index is 587. The number of methoxy groups -OCH3 is 1. The summed E-state index contributed by atoms with van der Waals surface area (Å²) in [4.78, 5) is 36.3. The van der Waals surface area contributed by atoms with Gasteiger partial charge >= 0.3 is 5.97 Å². The molecule has 0 aliphatic heterocycles. The molecule has 1 aromatic carbocycles. The molecule has 0 saturated heterocycles. The van der Waals surface area contributed by atoms with Crippen molar-refractivity contribution < 1.29 is 19.1 Å². The number of carbonyl (C=O) groups is 3. The van der Waals surface area contributed by atoms with Crippen LogP contribution in [0.1, 0.15) is 24.2 Å². The minimum Gasteiger partial charge on any atom is -0.465 e. The molecular weight excluding hydrogens is 603 g/mol. The quantitative estimate of drug-likeness (QED) is 0.380. The summed E-state index contributed by atoms with van der Waals surface area (Å²) in [6, 6.07) is 1.74. The average Bonchev–Trinajstić information content (AvgIpc) is 2.32. The lowest BCUT2D eigenvalue weighted by molar-refractivity contribution is -0.124. The summed E-state index contributed by atoms with van der Waals surface area (Å²) in [6.45, 7) is 2.62. The molecule has 1 rings (SSSR count). The van der Waals surface area contributed by atoms with Crippen LogP contribution in [0.4, 0.5) is 5.69 Å². The number of nitrogens with zero attached hydrogens (tertiary/aromatic N) is 1. The number of imide groups is 1. The van der Waals surface area contributed by atoms with Crippen molar-refractivity contribution in [2.45, 2.75) is 13.8 Å². The molecule has 0 aliphatic rings. The van der Waals surface area contributed by atoms with Gasteiger partial charge in [-0.2, -0.15) is 0 Å². The molecule has 2 amide bonds. The molecular formula is C12H10I3NO4. The van der Waals surface area contributed by atoms with Crippen LogP contribution < -0.4 is 4.90 Å². The number of rotatable bonds is 2. The summed E-state index contributed by atoms with van der Waals surface area (Å²) in [5.74, 6) is -1.29. The van der Waals surface area contributed by atoms with E-state index < -0.39 is 17.8 Å². The lowest BCUT2D eigenvalue weighted by Gasteiger charge is -2.22. The fraction of sp³-hybridized carbons (Fsp3) is 0.250. The number of hydrogen-bond acceptors (Lipinski definition) is 4. The number of ether oxygens (including phenoxy) is 1. The zero-order valence-corrected chi connectivity index (χ0v) is 17.3. The average molecular weight is 613 g/mol. The lowest BCUT2D eigenvalue weighted by Crippen LogP contribution is -2.35. The van der Waals surface area contributed by atoms with Gasteiger partial charge in [0.15, 0.2) is 0 Å². The number of benzene rings is 1. The van der Waals surface area contributed by atoms with Gasteiger partial charge in [0.1, 0.15) is 0 Å². The summed E-state index contributed by atoms with van der Waals surface area (Å²) >= 11 is 6.02. The van der Waals surface area contributed by atoms with Crippen molar-refractivity contribution in [3.63, 3.8) is 0 Å². The topological polar surface area (TPSA) is 63.7 Å². The standard InChI is InChI=1S/C12H10I3NO4/c1-5(17)16(6(2)18)11-8(14)4-7(13)9(10(11)15)12(19)20-3/h4H,1-3H3. The number of anilines is 1. The van der Waals surface area contributed by atoms with Gasteiger partial charge in [-0.25, -0.2) is 9.69 Å². The minimum absolute atomic E-state index is 0.358. The molecule has 1 aromatic rings. The van der Waals surface area contributed by atoms with Gasteiger partial charge in [0.05, 0.1) is 21.9 Å². The van der Waals surface area contributed by atoms with Gasteiger partial charge in [0.2, 0.25) is 11.8 Å². The Labute approximate surface area is 157 Å². The van der Waals surface area contributed by atoms with Gasteiger partial charge in [0, 0.05) is 21.0 Å². The molecule has 0 N–H and O–H groups in total. The molecule has 108 valence electrons. The van der Waals surface area contributed by atoms with Crippen molar-refractivity contribution in [3.05, 3.63) is 22.3 Å². The highest BCUT2D eigenvalue weighted by Crippen LogP contribution is 2.35. The Kier molecular flexibility index (Phi) is 6.63. The molecule has 20 heavy (non-hydrogen) atoms. The smallest absolute Gasteiger partial charge is 0.340 e. The molecule has 0 atom stereocenters. The van der Waals surface area contributed by atoms with Crippen molar-refractivity contribution in [3.8, 4) is 0 Å². The third kappa shape index (κ3) is 3.61. The number of halogens is 3. The zero-order chi connectivity index (χ0) is 15.6. The summed E-state index contributed by atoms with van der Waals surface area (Å²) < 4.78 is 6.70. The predicted octanol–water partition coefficient (Wildman–Crippen LogP) is 3.19. The van der Waals surface area contributed by atoms with Crippen molar-refractivity contribution in [1.29, 1.82) is 0 Å². The van der Waals surface area contributed by atoms with Crippen LogP contribution in [0, 0.1) is 10.7 Å². The second kappa shape index (κ2) is 7.33. The van der Waals surface area contributed by atoms with E-state index in [1.54, 1.807) is 6.07 Å². The van der Waals surface area contributed by atoms with Crippen LogP contribution in [-0.4, -0.2) is 24.9 Å². The fourth-order valence-corrected chi connectivity index (χ4v) is 5.90. The first-order valence-electron chi connectivity index (χ1n) is 5.29. The highest BCUT2D eigenvalue weighted by Gasteiger charge is 2.27. The van der Waals surface area contributed by atoms with Crippen LogP contribution in [0.2, 0.25) is 0 Å². The third-order valence-electron chi connectivity index (χ3n) is 2.39. The van der Waals surface area contributed by atoms with E-state index in [-0.39, 0.29) is 0 Å². The highest BCUT2D eigenvalue weighted by molar-refractivity contribution is 14.1. The van der Waals surface area contributed by atoms with Crippen molar-refractivity contribution >= 4 is 91.2 Å². The first kappa shape index (κ1) is 18.1. The zero-order valence-electron chi connectivity index (χ0n) is 10.8. The van der Waals surface area contributed by atoms with Gasteiger partial charge in [0.25, 0.3) is 0 Å². The SMILES string of the molecule is COC(=O)c1c(I)cc(I)c(N(C(C)=O)C(C)=O)c1I. The van der Waals surface area contributed by atoms with Crippen LogP contribution in [0.25, 0.3) is 0 Å². The highest BCUT2D eigenvalue weighted by atomic mass is 127. The number of hydrogen-bond donors (Lipinski definition) is 0. The molecule has 0 saturated carbocycles. The third-order valence-corrected chi connectivity index (χ3v) is 5.11. The molecule has 0 radical (unpaired) electrons. The van der Waals surface area contributed by atoms with Crippen LogP contribution in [0.15, 0.2) is 6.07 Å². The van der Waals surface area contributed by atoms with Crippen molar-refractivity contribution in [2.75, 3.05) is 12.0 Å². The summed E-state index contributed by atoms with van der Waals surface area (Å²) in [7, 11) is 1.29. The second-order valence-corrected chi connectivity index (χ2v) is 7.15. The van der Waals surface area contributed by atoms with Gasteiger partial charge in [-0.15, -0.1) is 0 Å². The molecule has 0 aliphatic carbocycles. The Morgan fingerprint density at radius 1 is 1.05 bits per heavy atom. The maximum absolute atomic E-state index is 11.9. The first-order valence-corrected chi connectivity index (χ1v) is 8.53. The van der Waals surface area contributed by atoms with Crippen molar-refractivity contribution in [1.82, 2.24) is 0 Å². The van der Waals surface area contributed by atoms with Gasteiger partial charge in [-0.05, 0) is 73.8 Å². The minimum atomic E-state index is -0.497. The van der Waals surface area contributed by atoms with E-state index in [1.807, 2.05) is 67.8 Å². The van der Waals surface area contributed by atoms with E-state index in [0.29, 0.717) is 18.4 Å². The number of amides is 2. The first-order chi connectivity index (χ1) is 9.22. The van der Waals surface area contributed by atoms with E-state index in [9.17, 15) is 14.4 Å². The number of carbonyl (C=O) groups excluding carboxylic acids is 3. The summed E-state index contributed by atoms with van der Waals surface area (Å²) in [5, 5.41) is 0. The summed E-state index contributed by atoms with van der Waals surface area (Å²) in [6.07, 6.45) is 0. The van der Waals surface area contributed by atoms with Crippen LogP contribution in [0.3, 0.4) is 0 Å². The van der Waals surface area contributed by atoms with Gasteiger partial charge in [-0.1, -0.05) is 0 Å². The van der Waals surface area contributed by atoms with Gasteiger partial charge in [-0.3, -0.25) is 9.59 Å². The Morgan fingerprint density at radius 2 is 1.55 bits per heavy atom. The van der Waals surface area contributed by atoms with Gasteiger partial charge < -0.3 is 4.74 Å². The largest absolute Gasteiger partial charge is 0.465 e. The molecule has 5 nitrogen and oxygen atoms in total. The maximum Gasteiger partial charge on any atom is 0.340 e. The van der Waals surface area contributed by atoms with E-state index >= 15 is 0 Å². The van der Waals surface area contributed by atoms with E-state index in [0.717, 1.165) is 8.47 Å². The van der Waals surface area contributed by atoms with E-state index in [2.05, 4.69) is 0 Å². The lowest BCUT2D eigenvalue weighted by atomic mass is 10.2. The van der Waals surface area contributed by atoms with Crippen LogP contribution >= 0.6 is 67.8 Å². The monoisotopic (exact) mass is 613 g/mol. The van der Waals surface area contributed by atoms with Crippen LogP contribution in [0.5, 0.6) is 0 Å². The number of esters is 1. The maximum atomic E-state index is 11.9. The van der Waals surface area contributed by atoms with E-state index in [4.69, 9.17) is 4.74 Å². The Hall–Kier alpha value is 0.0200. The molecule has 0 bridgehead atoms. The molecule has 0 aromatic heterocycles. The second-order valence-electron chi connectivity index (χ2n) is 3.74. The molecule has 0 heterocycles. The normalized spacial score (nSPS) is 10.1. The molecule has 8 heteroatoms. The fourth-order valence-electron chi connectivity index (χ4n) is 1.61. The van der Waals surface area contributed by atoms with E-state index in [1.165, 1.54) is 21.0 Å². The molecule has 0 spiro atoms. The van der Waals surface area contributed by atoms with Crippen molar-refractivity contribution in [2.24, 2.45) is 0 Å². The molecule has 0 unspecified atom stereocenters. The Balaban J connectivity index is 3.67. The van der Waals surface area contributed by atoms with Crippen LogP contribution in [-0.2, 0) is 14.3 Å². The summed E-state index contributed by atoms with van der Waals surface area (Å²) in [5.41, 5.74) is 0.781.